The van der Waals surface area contributed by atoms with Gasteiger partial charge in [-0.05, 0) is 113 Å². The highest BCUT2D eigenvalue weighted by Crippen LogP contribution is 2.31. The monoisotopic (exact) mass is 737 g/mol. The number of carbonyl (C=O) groups is 4. The lowest BCUT2D eigenvalue weighted by atomic mass is 9.98. The predicted octanol–water partition coefficient (Wildman–Crippen LogP) is 8.82. The number of hydrogen-bond acceptors (Lipinski definition) is 8. The van der Waals surface area contributed by atoms with Crippen LogP contribution in [0.5, 0.6) is 5.75 Å². The second kappa shape index (κ2) is 19.3. The summed E-state index contributed by atoms with van der Waals surface area (Å²) in [5, 5.41) is 8.31. The number of amides is 3. The Balaban J connectivity index is 1.48. The third-order valence-corrected chi connectivity index (χ3v) is 7.71. The summed E-state index contributed by atoms with van der Waals surface area (Å²) in [6.45, 7) is 11.4. The molecule has 4 aromatic carbocycles. The quantitative estimate of drug-likeness (QED) is 0.0625. The van der Waals surface area contributed by atoms with Gasteiger partial charge in [0.1, 0.15) is 36.2 Å². The summed E-state index contributed by atoms with van der Waals surface area (Å²) in [4.78, 5) is 52.1. The Morgan fingerprint density at radius 3 is 1.96 bits per heavy atom. The molecule has 0 radical (unpaired) electrons. The fourth-order valence-corrected chi connectivity index (χ4v) is 5.25. The van der Waals surface area contributed by atoms with Gasteiger partial charge in [0.25, 0.3) is 0 Å². The Morgan fingerprint density at radius 2 is 1.31 bits per heavy atom. The Bertz CT molecular complexity index is 1850. The van der Waals surface area contributed by atoms with Crippen molar-refractivity contribution in [2.24, 2.45) is 0 Å². The highest BCUT2D eigenvalue weighted by Gasteiger charge is 2.26. The van der Waals surface area contributed by atoms with E-state index in [2.05, 4.69) is 16.0 Å². The van der Waals surface area contributed by atoms with Gasteiger partial charge in [-0.25, -0.2) is 14.4 Å². The zero-order valence-corrected chi connectivity index (χ0v) is 31.9. The first kappa shape index (κ1) is 40.9. The summed E-state index contributed by atoms with van der Waals surface area (Å²) < 4.78 is 22.5. The summed E-state index contributed by atoms with van der Waals surface area (Å²) in [7, 11) is 0. The maximum atomic E-state index is 13.8. The maximum Gasteiger partial charge on any atom is 0.408 e. The average molecular weight is 738 g/mol. The smallest absolute Gasteiger partial charge is 0.408 e. The molecule has 3 amide bonds. The number of rotatable bonds is 15. The molecule has 0 spiro atoms. The summed E-state index contributed by atoms with van der Waals surface area (Å²) >= 11 is 0. The number of hydrogen-bond donors (Lipinski definition) is 3. The van der Waals surface area contributed by atoms with Crippen LogP contribution in [0, 0.1) is 0 Å². The molecular weight excluding hydrogens is 686 g/mol. The van der Waals surface area contributed by atoms with Gasteiger partial charge in [-0.1, -0.05) is 72.8 Å². The molecule has 1 atom stereocenters. The van der Waals surface area contributed by atoms with Crippen molar-refractivity contribution >= 4 is 29.8 Å². The number of anilines is 1. The van der Waals surface area contributed by atoms with Crippen molar-refractivity contribution < 1.29 is 38.1 Å². The number of esters is 1. The van der Waals surface area contributed by atoms with Crippen LogP contribution in [0.1, 0.15) is 82.3 Å². The van der Waals surface area contributed by atoms with Crippen LogP contribution in [0.2, 0.25) is 0 Å². The van der Waals surface area contributed by atoms with Gasteiger partial charge in [0, 0.05) is 12.2 Å². The second-order valence-electron chi connectivity index (χ2n) is 14.7. The van der Waals surface area contributed by atoms with Crippen molar-refractivity contribution in [2.45, 2.75) is 91.3 Å². The first-order valence-corrected chi connectivity index (χ1v) is 18.0. The zero-order valence-electron chi connectivity index (χ0n) is 31.9. The van der Waals surface area contributed by atoms with E-state index in [0.717, 1.165) is 11.1 Å². The van der Waals surface area contributed by atoms with Crippen molar-refractivity contribution in [3.63, 3.8) is 0 Å². The molecule has 0 aliphatic carbocycles. The summed E-state index contributed by atoms with van der Waals surface area (Å²) in [5.74, 6) is -0.401. The molecule has 0 saturated carbocycles. The molecule has 286 valence electrons. The predicted molar refractivity (Wildman–Crippen MR) is 208 cm³/mol. The van der Waals surface area contributed by atoms with Gasteiger partial charge in [-0.15, -0.1) is 0 Å². The molecule has 0 bridgehead atoms. The molecule has 0 heterocycles. The summed E-state index contributed by atoms with van der Waals surface area (Å²) in [5.41, 5.74) is 2.28. The number of unbranched alkanes of at least 4 members (excludes halogenated alkanes) is 1. The molecule has 0 aliphatic heterocycles. The van der Waals surface area contributed by atoms with Gasteiger partial charge in [-0.3, -0.25) is 4.79 Å². The minimum atomic E-state index is -0.964. The van der Waals surface area contributed by atoms with E-state index >= 15 is 0 Å². The Hall–Kier alpha value is -5.84. The van der Waals surface area contributed by atoms with Crippen LogP contribution in [-0.2, 0) is 32.2 Å². The highest BCUT2D eigenvalue weighted by atomic mass is 16.6. The minimum absolute atomic E-state index is 0.155. The Labute approximate surface area is 317 Å². The van der Waals surface area contributed by atoms with E-state index in [1.807, 2.05) is 84.9 Å². The van der Waals surface area contributed by atoms with Crippen molar-refractivity contribution in [1.29, 1.82) is 0 Å². The fraction of sp³-hybridized carbons (Fsp3) is 0.349. The van der Waals surface area contributed by atoms with Crippen molar-refractivity contribution in [3.05, 3.63) is 120 Å². The van der Waals surface area contributed by atoms with Crippen LogP contribution < -0.4 is 20.7 Å². The van der Waals surface area contributed by atoms with Crippen molar-refractivity contribution in [1.82, 2.24) is 10.6 Å². The molecule has 54 heavy (non-hydrogen) atoms. The third kappa shape index (κ3) is 14.3. The zero-order chi connectivity index (χ0) is 39.1. The van der Waals surface area contributed by atoms with Crippen LogP contribution in [0.25, 0.3) is 11.1 Å². The number of nitrogens with one attached hydrogen (secondary N) is 3. The molecule has 4 rings (SSSR count). The molecule has 0 aromatic heterocycles. The van der Waals surface area contributed by atoms with Gasteiger partial charge < -0.3 is 34.9 Å². The summed E-state index contributed by atoms with van der Waals surface area (Å²) in [6, 6.07) is 30.4. The van der Waals surface area contributed by atoms with Gasteiger partial charge >= 0.3 is 18.2 Å². The first-order chi connectivity index (χ1) is 25.6. The van der Waals surface area contributed by atoms with Crippen LogP contribution in [-0.4, -0.2) is 47.9 Å². The van der Waals surface area contributed by atoms with E-state index in [1.54, 1.807) is 59.7 Å². The van der Waals surface area contributed by atoms with E-state index < -0.39 is 41.3 Å². The molecule has 0 saturated heterocycles. The second-order valence-corrected chi connectivity index (χ2v) is 14.7. The molecule has 11 nitrogen and oxygen atoms in total. The van der Waals surface area contributed by atoms with Gasteiger partial charge in [-0.2, -0.15) is 0 Å². The molecule has 11 heteroatoms. The van der Waals surface area contributed by atoms with E-state index in [-0.39, 0.29) is 13.0 Å². The third-order valence-electron chi connectivity index (χ3n) is 7.71. The van der Waals surface area contributed by atoms with Crippen LogP contribution in [0.3, 0.4) is 0 Å². The minimum Gasteiger partial charge on any atom is -0.489 e. The molecule has 3 N–H and O–H groups in total. The lowest BCUT2D eigenvalue weighted by molar-refractivity contribution is -0.118. The lowest BCUT2D eigenvalue weighted by Gasteiger charge is -2.24. The molecular formula is C43H51N3O8. The number of carbonyl (C=O) groups excluding carboxylic acids is 4. The van der Waals surface area contributed by atoms with E-state index in [9.17, 15) is 19.2 Å². The Kier molecular flexibility index (Phi) is 14.6. The van der Waals surface area contributed by atoms with E-state index in [1.165, 1.54) is 0 Å². The molecule has 0 aliphatic rings. The van der Waals surface area contributed by atoms with Gasteiger partial charge in [0.2, 0.25) is 5.91 Å². The topological polar surface area (TPSA) is 141 Å². The normalized spacial score (nSPS) is 11.8. The molecule has 0 unspecified atom stereocenters. The van der Waals surface area contributed by atoms with E-state index in [4.69, 9.17) is 18.9 Å². The highest BCUT2D eigenvalue weighted by molar-refractivity contribution is 6.01. The van der Waals surface area contributed by atoms with Gasteiger partial charge in [0.15, 0.2) is 0 Å². The molecule has 4 aromatic rings. The van der Waals surface area contributed by atoms with Crippen LogP contribution in [0.15, 0.2) is 103 Å². The van der Waals surface area contributed by atoms with Crippen LogP contribution >= 0.6 is 0 Å². The number of ether oxygens (including phenoxy) is 4. The van der Waals surface area contributed by atoms with Crippen LogP contribution in [0.4, 0.5) is 15.3 Å². The average Bonchev–Trinajstić information content (AvgIpc) is 3.12. The fourth-order valence-electron chi connectivity index (χ4n) is 5.25. The SMILES string of the molecule is CC(C)(C)OC(=O)N[C@@H](CCCCNC(=O)OCc1ccccc1)C(=O)Nc1ccc(C(=O)OC(C)(C)C)c(-c2cccc(OCc3ccccc3)c2)c1. The lowest BCUT2D eigenvalue weighted by Crippen LogP contribution is -2.45. The standard InChI is InChI=1S/C43H51N3O8/c1-42(2,3)53-39(48)35-24-23-33(27-36(35)32-20-15-21-34(26-32)51-28-30-16-9-7-10-17-30)45-38(47)37(46-41(50)54-43(4,5)6)22-13-14-25-44-40(49)52-29-31-18-11-8-12-19-31/h7-12,15-21,23-24,26-27,37H,13-14,22,25,28-29H2,1-6H3,(H,44,49)(H,45,47)(H,46,50)/t37-/m0/s1. The Morgan fingerprint density at radius 1 is 0.667 bits per heavy atom. The first-order valence-electron chi connectivity index (χ1n) is 18.0. The van der Waals surface area contributed by atoms with E-state index in [0.29, 0.717) is 54.1 Å². The largest absolute Gasteiger partial charge is 0.489 e. The van der Waals surface area contributed by atoms with Crippen molar-refractivity contribution in [2.75, 3.05) is 11.9 Å². The number of benzene rings is 4. The van der Waals surface area contributed by atoms with Gasteiger partial charge in [0.05, 0.1) is 5.56 Å². The van der Waals surface area contributed by atoms with Crippen molar-refractivity contribution in [3.8, 4) is 16.9 Å². The number of alkyl carbamates (subject to hydrolysis) is 2. The molecule has 0 fully saturated rings. The maximum absolute atomic E-state index is 13.8. The summed E-state index contributed by atoms with van der Waals surface area (Å²) in [6.07, 6.45) is -0.00375.